The average Bonchev–Trinajstić information content (AvgIpc) is 3.20. The van der Waals surface area contributed by atoms with Crippen molar-refractivity contribution in [2.24, 2.45) is 0 Å². The minimum absolute atomic E-state index is 0.185. The zero-order valence-electron chi connectivity index (χ0n) is 21.2. The van der Waals surface area contributed by atoms with E-state index in [-0.39, 0.29) is 22.3 Å². The number of hydrogen-bond acceptors (Lipinski definition) is 7. The van der Waals surface area contributed by atoms with E-state index in [9.17, 15) is 14.9 Å². The number of nitrogens with one attached hydrogen (secondary N) is 2. The summed E-state index contributed by atoms with van der Waals surface area (Å²) in [5.41, 5.74) is 4.09. The Bertz CT molecular complexity index is 1520. The summed E-state index contributed by atoms with van der Waals surface area (Å²) < 4.78 is 2.04. The Hall–Kier alpha value is -4.18. The normalized spacial score (nSPS) is 12.1. The molecule has 1 amide bonds. The van der Waals surface area contributed by atoms with E-state index in [1.807, 2.05) is 24.3 Å². The molecule has 1 aromatic heterocycles. The second-order valence-corrected chi connectivity index (χ2v) is 9.65. The first-order valence-corrected chi connectivity index (χ1v) is 12.8. The summed E-state index contributed by atoms with van der Waals surface area (Å²) in [5, 5.41) is 23.8. The van der Waals surface area contributed by atoms with Gasteiger partial charge in [-0.25, -0.2) is 0 Å². The van der Waals surface area contributed by atoms with Crippen LogP contribution >= 0.6 is 11.3 Å². The lowest BCUT2D eigenvalue weighted by Gasteiger charge is -2.17. The molecule has 0 saturated carbocycles. The molecule has 1 heterocycles. The second kappa shape index (κ2) is 13.2. The standard InChI is InChI=1S/C28H30N6O2S/c1-4-34-27(36)25(37-28(34)24(17-30)26(35)31-13-12-29)18-32-23-10-6-8-21(16-23)11-14-33(3)19-22-9-5-7-20(2)15-22/h5-10,15-16,18,32H,4,11,13-14,19H2,1-3H3,(H,31,35)/b25-18+,28-24-. The number of rotatable bonds is 10. The SMILES string of the molecule is CCn1c(=O)/c(=C\Nc2cccc(CCN(C)Cc3cccc(C)c3)c2)s/c1=C(/C#N)C(=O)NCC#N. The van der Waals surface area contributed by atoms with E-state index in [2.05, 4.69) is 59.8 Å². The first kappa shape index (κ1) is 27.4. The first-order valence-electron chi connectivity index (χ1n) is 11.9. The predicted molar refractivity (Wildman–Crippen MR) is 147 cm³/mol. The molecule has 37 heavy (non-hydrogen) atoms. The van der Waals surface area contributed by atoms with Crippen molar-refractivity contribution in [2.45, 2.75) is 33.4 Å². The van der Waals surface area contributed by atoms with E-state index in [1.165, 1.54) is 21.3 Å². The molecule has 0 fully saturated rings. The maximum Gasteiger partial charge on any atom is 0.270 e. The number of thiazole rings is 1. The van der Waals surface area contributed by atoms with E-state index in [0.717, 1.165) is 36.5 Å². The maximum atomic E-state index is 12.9. The predicted octanol–water partition coefficient (Wildman–Crippen LogP) is 2.08. The van der Waals surface area contributed by atoms with Crippen molar-refractivity contribution in [3.8, 4) is 12.1 Å². The molecule has 190 valence electrons. The van der Waals surface area contributed by atoms with Crippen LogP contribution in [0.25, 0.3) is 11.8 Å². The van der Waals surface area contributed by atoms with Gasteiger partial charge in [0.1, 0.15) is 21.8 Å². The van der Waals surface area contributed by atoms with E-state index in [0.29, 0.717) is 11.1 Å². The van der Waals surface area contributed by atoms with Crippen molar-refractivity contribution in [3.63, 3.8) is 0 Å². The quantitative estimate of drug-likeness (QED) is 0.401. The smallest absolute Gasteiger partial charge is 0.270 e. The highest BCUT2D eigenvalue weighted by Crippen LogP contribution is 2.13. The largest absolute Gasteiger partial charge is 0.360 e. The molecular weight excluding hydrogens is 484 g/mol. The summed E-state index contributed by atoms with van der Waals surface area (Å²) in [6.45, 7) is 5.74. The van der Waals surface area contributed by atoms with Crippen LogP contribution in [0.1, 0.15) is 23.6 Å². The van der Waals surface area contributed by atoms with Gasteiger partial charge in [-0.1, -0.05) is 42.0 Å². The van der Waals surface area contributed by atoms with Gasteiger partial charge in [-0.15, -0.1) is 11.3 Å². The van der Waals surface area contributed by atoms with Crippen LogP contribution < -0.4 is 25.4 Å². The number of aromatic nitrogens is 1. The summed E-state index contributed by atoms with van der Waals surface area (Å²) in [5.74, 6) is -0.674. The number of aryl methyl sites for hydroxylation is 1. The van der Waals surface area contributed by atoms with Gasteiger partial charge in [0.25, 0.3) is 11.5 Å². The number of nitrogens with zero attached hydrogens (tertiary/aromatic N) is 4. The Morgan fingerprint density at radius 3 is 2.62 bits per heavy atom. The highest BCUT2D eigenvalue weighted by molar-refractivity contribution is 7.07. The van der Waals surface area contributed by atoms with Crippen LogP contribution in [0.5, 0.6) is 0 Å². The van der Waals surface area contributed by atoms with Gasteiger partial charge in [-0.05, 0) is 50.6 Å². The molecule has 0 spiro atoms. The molecule has 2 N–H and O–H groups in total. The molecular formula is C28H30N6O2S. The van der Waals surface area contributed by atoms with Gasteiger partial charge < -0.3 is 15.5 Å². The number of hydrogen-bond donors (Lipinski definition) is 2. The molecule has 8 nitrogen and oxygen atoms in total. The Morgan fingerprint density at radius 1 is 1.16 bits per heavy atom. The van der Waals surface area contributed by atoms with Crippen LogP contribution in [-0.4, -0.2) is 35.5 Å². The van der Waals surface area contributed by atoms with Crippen LogP contribution in [-0.2, 0) is 24.3 Å². The minimum atomic E-state index is -0.674. The molecule has 2 aromatic carbocycles. The molecule has 0 radical (unpaired) electrons. The minimum Gasteiger partial charge on any atom is -0.360 e. The lowest BCUT2D eigenvalue weighted by Crippen LogP contribution is -2.34. The third-order valence-corrected chi connectivity index (χ3v) is 6.85. The molecule has 3 rings (SSSR count). The van der Waals surface area contributed by atoms with Gasteiger partial charge in [-0.2, -0.15) is 10.5 Å². The van der Waals surface area contributed by atoms with Crippen LogP contribution in [0.15, 0.2) is 53.3 Å². The number of nitriles is 2. The van der Waals surface area contributed by atoms with Gasteiger partial charge in [0.15, 0.2) is 5.57 Å². The summed E-state index contributed by atoms with van der Waals surface area (Å²) >= 11 is 1.07. The molecule has 0 saturated heterocycles. The Morgan fingerprint density at radius 2 is 1.92 bits per heavy atom. The molecule has 3 aromatic rings. The third kappa shape index (κ3) is 7.40. The zero-order valence-corrected chi connectivity index (χ0v) is 22.1. The van der Waals surface area contributed by atoms with Crippen LogP contribution in [0.4, 0.5) is 5.69 Å². The summed E-state index contributed by atoms with van der Waals surface area (Å²) in [7, 11) is 2.11. The van der Waals surface area contributed by atoms with Crippen molar-refractivity contribution in [3.05, 3.63) is 84.8 Å². The third-order valence-electron chi connectivity index (χ3n) is 5.72. The second-order valence-electron chi connectivity index (χ2n) is 8.61. The number of carbonyl (C=O) groups is 1. The Balaban J connectivity index is 1.76. The highest BCUT2D eigenvalue weighted by atomic mass is 32.1. The molecule has 0 aliphatic heterocycles. The lowest BCUT2D eigenvalue weighted by atomic mass is 10.1. The Labute approximate surface area is 220 Å². The van der Waals surface area contributed by atoms with Crippen LogP contribution in [0.3, 0.4) is 0 Å². The Kier molecular flexibility index (Phi) is 9.79. The molecule has 0 bridgehead atoms. The number of anilines is 1. The monoisotopic (exact) mass is 514 g/mol. The van der Waals surface area contributed by atoms with Gasteiger partial charge in [0, 0.05) is 31.5 Å². The number of amides is 1. The van der Waals surface area contributed by atoms with Gasteiger partial charge in [0.2, 0.25) is 0 Å². The summed E-state index contributed by atoms with van der Waals surface area (Å²) in [6, 6.07) is 20.2. The molecule has 0 aliphatic carbocycles. The fourth-order valence-corrected chi connectivity index (χ4v) is 4.97. The maximum absolute atomic E-state index is 12.9. The average molecular weight is 515 g/mol. The highest BCUT2D eigenvalue weighted by Gasteiger charge is 2.14. The molecule has 9 heteroatoms. The van der Waals surface area contributed by atoms with Crippen molar-refractivity contribution < 1.29 is 4.79 Å². The van der Waals surface area contributed by atoms with Gasteiger partial charge in [0.05, 0.1) is 6.07 Å². The lowest BCUT2D eigenvalue weighted by molar-refractivity contribution is -0.115. The van der Waals surface area contributed by atoms with E-state index in [1.54, 1.807) is 19.2 Å². The van der Waals surface area contributed by atoms with Crippen LogP contribution in [0, 0.1) is 29.6 Å². The number of carbonyl (C=O) groups excluding carboxylic acids is 1. The number of likely N-dealkylation sites (N-methyl/N-ethyl adjacent to an activating group) is 1. The zero-order chi connectivity index (χ0) is 26.8. The number of benzene rings is 2. The van der Waals surface area contributed by atoms with Crippen LogP contribution in [0.2, 0.25) is 0 Å². The van der Waals surface area contributed by atoms with E-state index in [4.69, 9.17) is 5.26 Å². The van der Waals surface area contributed by atoms with Crippen molar-refractivity contribution in [1.82, 2.24) is 14.8 Å². The molecule has 0 unspecified atom stereocenters. The van der Waals surface area contributed by atoms with Crippen molar-refractivity contribution in [2.75, 3.05) is 25.5 Å². The van der Waals surface area contributed by atoms with Crippen molar-refractivity contribution in [1.29, 1.82) is 10.5 Å². The van der Waals surface area contributed by atoms with Gasteiger partial charge >= 0.3 is 0 Å². The van der Waals surface area contributed by atoms with E-state index < -0.39 is 5.91 Å². The topological polar surface area (TPSA) is 114 Å². The first-order chi connectivity index (χ1) is 17.9. The molecule has 0 aliphatic rings. The molecule has 0 atom stereocenters. The summed E-state index contributed by atoms with van der Waals surface area (Å²) in [6.07, 6.45) is 2.48. The summed E-state index contributed by atoms with van der Waals surface area (Å²) in [4.78, 5) is 27.5. The van der Waals surface area contributed by atoms with E-state index >= 15 is 0 Å². The van der Waals surface area contributed by atoms with Crippen molar-refractivity contribution >= 4 is 34.7 Å². The fourth-order valence-electron chi connectivity index (χ4n) is 3.88. The van der Waals surface area contributed by atoms with Gasteiger partial charge in [-0.3, -0.25) is 14.2 Å². The fraction of sp³-hybridized carbons (Fsp3) is 0.286.